The van der Waals surface area contributed by atoms with E-state index in [1.807, 2.05) is 30.3 Å². The van der Waals surface area contributed by atoms with Gasteiger partial charge >= 0.3 is 0 Å². The lowest BCUT2D eigenvalue weighted by atomic mass is 10.1. The molecule has 0 saturated carbocycles. The Morgan fingerprint density at radius 1 is 1.00 bits per heavy atom. The number of nitrogens with zero attached hydrogens (tertiary/aromatic N) is 4. The second kappa shape index (κ2) is 7.71. The molecule has 27 heavy (non-hydrogen) atoms. The van der Waals surface area contributed by atoms with Crippen LogP contribution < -0.4 is 4.90 Å². The molecule has 0 spiro atoms. The van der Waals surface area contributed by atoms with Crippen LogP contribution in [0.5, 0.6) is 0 Å². The molecule has 0 bridgehead atoms. The second-order valence-electron chi connectivity index (χ2n) is 6.99. The van der Waals surface area contributed by atoms with Gasteiger partial charge in [-0.1, -0.05) is 35.4 Å². The summed E-state index contributed by atoms with van der Waals surface area (Å²) in [5, 5.41) is 9.32. The first kappa shape index (κ1) is 18.0. The molecule has 2 aromatic carbocycles. The van der Waals surface area contributed by atoms with E-state index in [4.69, 9.17) is 16.0 Å². The predicted octanol–water partition coefficient (Wildman–Crippen LogP) is 4.58. The molecule has 1 aromatic heterocycles. The van der Waals surface area contributed by atoms with Gasteiger partial charge in [-0.15, -0.1) is 10.2 Å². The maximum Gasteiger partial charge on any atom is 0.247 e. The van der Waals surface area contributed by atoms with Crippen LogP contribution in [0.25, 0.3) is 11.5 Å². The standard InChI is InChI=1S/C21H23ClN4O/c1-15-5-3-6-17(13-15)21-24-23-20(27-21)16(2)25-9-11-26(12-10-25)19-8-4-7-18(22)14-19/h3-8,13-14,16H,9-12H2,1-2H3/t16-/m0/s1. The zero-order valence-electron chi connectivity index (χ0n) is 15.6. The Labute approximate surface area is 164 Å². The van der Waals surface area contributed by atoms with Crippen molar-refractivity contribution in [2.75, 3.05) is 31.1 Å². The van der Waals surface area contributed by atoms with Crippen LogP contribution in [0.3, 0.4) is 0 Å². The molecule has 1 atom stereocenters. The zero-order valence-corrected chi connectivity index (χ0v) is 16.4. The van der Waals surface area contributed by atoms with Crippen LogP contribution in [0.15, 0.2) is 52.9 Å². The molecule has 0 amide bonds. The first-order valence-electron chi connectivity index (χ1n) is 9.25. The summed E-state index contributed by atoms with van der Waals surface area (Å²) in [7, 11) is 0. The fourth-order valence-corrected chi connectivity index (χ4v) is 3.68. The van der Waals surface area contributed by atoms with E-state index in [1.165, 1.54) is 11.3 Å². The highest BCUT2D eigenvalue weighted by Gasteiger charge is 2.26. The highest BCUT2D eigenvalue weighted by atomic mass is 35.5. The molecule has 140 valence electrons. The lowest BCUT2D eigenvalue weighted by Crippen LogP contribution is -2.47. The number of hydrogen-bond donors (Lipinski definition) is 0. The number of benzene rings is 2. The van der Waals surface area contributed by atoms with E-state index in [2.05, 4.69) is 52.0 Å². The smallest absolute Gasteiger partial charge is 0.247 e. The molecule has 1 aliphatic heterocycles. The molecule has 4 rings (SSSR count). The van der Waals surface area contributed by atoms with E-state index in [0.29, 0.717) is 11.8 Å². The largest absolute Gasteiger partial charge is 0.419 e. The molecule has 0 N–H and O–H groups in total. The van der Waals surface area contributed by atoms with Crippen LogP contribution in [0.1, 0.15) is 24.4 Å². The molecule has 1 aliphatic rings. The van der Waals surface area contributed by atoms with Gasteiger partial charge in [0.25, 0.3) is 0 Å². The highest BCUT2D eigenvalue weighted by Crippen LogP contribution is 2.27. The van der Waals surface area contributed by atoms with Crippen molar-refractivity contribution >= 4 is 17.3 Å². The van der Waals surface area contributed by atoms with E-state index < -0.39 is 0 Å². The Kier molecular flexibility index (Phi) is 5.14. The number of piperazine rings is 1. The molecule has 3 aromatic rings. The minimum atomic E-state index is 0.0950. The fraction of sp³-hybridized carbons (Fsp3) is 0.333. The third-order valence-electron chi connectivity index (χ3n) is 5.10. The van der Waals surface area contributed by atoms with E-state index in [-0.39, 0.29) is 6.04 Å². The van der Waals surface area contributed by atoms with Crippen LogP contribution in [-0.4, -0.2) is 41.3 Å². The summed E-state index contributed by atoms with van der Waals surface area (Å²) < 4.78 is 5.97. The summed E-state index contributed by atoms with van der Waals surface area (Å²) in [6, 6.07) is 16.3. The molecule has 5 nitrogen and oxygen atoms in total. The topological polar surface area (TPSA) is 45.4 Å². The van der Waals surface area contributed by atoms with Gasteiger partial charge in [0.2, 0.25) is 11.8 Å². The average Bonchev–Trinajstić information content (AvgIpc) is 3.18. The molecular weight excluding hydrogens is 360 g/mol. The third-order valence-corrected chi connectivity index (χ3v) is 5.33. The van der Waals surface area contributed by atoms with E-state index in [9.17, 15) is 0 Å². The number of anilines is 1. The normalized spacial score (nSPS) is 16.5. The molecular formula is C21H23ClN4O. The van der Waals surface area contributed by atoms with Crippen molar-refractivity contribution in [1.29, 1.82) is 0 Å². The van der Waals surface area contributed by atoms with Gasteiger partial charge in [-0.25, -0.2) is 0 Å². The quantitative estimate of drug-likeness (QED) is 0.660. The van der Waals surface area contributed by atoms with Crippen molar-refractivity contribution in [2.24, 2.45) is 0 Å². The van der Waals surface area contributed by atoms with Gasteiger partial charge in [0.05, 0.1) is 6.04 Å². The molecule has 1 saturated heterocycles. The Morgan fingerprint density at radius 2 is 1.78 bits per heavy atom. The Morgan fingerprint density at radius 3 is 2.52 bits per heavy atom. The van der Waals surface area contributed by atoms with Crippen LogP contribution in [-0.2, 0) is 0 Å². The molecule has 0 radical (unpaired) electrons. The maximum absolute atomic E-state index is 6.12. The van der Waals surface area contributed by atoms with Gasteiger partial charge in [-0.05, 0) is 44.2 Å². The highest BCUT2D eigenvalue weighted by molar-refractivity contribution is 6.30. The van der Waals surface area contributed by atoms with E-state index in [0.717, 1.165) is 36.8 Å². The van der Waals surface area contributed by atoms with E-state index >= 15 is 0 Å². The van der Waals surface area contributed by atoms with E-state index in [1.54, 1.807) is 0 Å². The summed E-state index contributed by atoms with van der Waals surface area (Å²) >= 11 is 6.12. The number of aryl methyl sites for hydroxylation is 1. The Bertz CT molecular complexity index is 918. The Hall–Kier alpha value is -2.37. The average molecular weight is 383 g/mol. The molecule has 1 fully saturated rings. The SMILES string of the molecule is Cc1cccc(-c2nnc([C@H](C)N3CCN(c4cccc(Cl)c4)CC3)o2)c1. The van der Waals surface area contributed by atoms with Crippen LogP contribution in [0, 0.1) is 6.92 Å². The summed E-state index contributed by atoms with van der Waals surface area (Å²) in [5.41, 5.74) is 3.32. The van der Waals surface area contributed by atoms with Crippen molar-refractivity contribution < 1.29 is 4.42 Å². The van der Waals surface area contributed by atoms with Crippen LogP contribution >= 0.6 is 11.6 Å². The second-order valence-corrected chi connectivity index (χ2v) is 7.43. The van der Waals surface area contributed by atoms with Crippen molar-refractivity contribution in [3.8, 4) is 11.5 Å². The summed E-state index contributed by atoms with van der Waals surface area (Å²) in [5.74, 6) is 1.25. The van der Waals surface area contributed by atoms with Crippen molar-refractivity contribution in [1.82, 2.24) is 15.1 Å². The van der Waals surface area contributed by atoms with Gasteiger partial charge in [0.15, 0.2) is 0 Å². The maximum atomic E-state index is 6.12. The number of aromatic nitrogens is 2. The van der Waals surface area contributed by atoms with Gasteiger partial charge in [0.1, 0.15) is 0 Å². The number of rotatable bonds is 4. The summed E-state index contributed by atoms with van der Waals surface area (Å²) in [6.07, 6.45) is 0. The van der Waals surface area contributed by atoms with Crippen molar-refractivity contribution in [3.05, 3.63) is 65.0 Å². The molecule has 6 heteroatoms. The number of hydrogen-bond acceptors (Lipinski definition) is 5. The summed E-state index contributed by atoms with van der Waals surface area (Å²) in [4.78, 5) is 4.75. The van der Waals surface area contributed by atoms with Crippen molar-refractivity contribution in [3.63, 3.8) is 0 Å². The first-order valence-corrected chi connectivity index (χ1v) is 9.63. The van der Waals surface area contributed by atoms with Crippen molar-refractivity contribution in [2.45, 2.75) is 19.9 Å². The van der Waals surface area contributed by atoms with Crippen LogP contribution in [0.4, 0.5) is 5.69 Å². The lowest BCUT2D eigenvalue weighted by molar-refractivity contribution is 0.174. The minimum absolute atomic E-state index is 0.0950. The fourth-order valence-electron chi connectivity index (χ4n) is 3.49. The van der Waals surface area contributed by atoms with Gasteiger partial charge < -0.3 is 9.32 Å². The predicted molar refractivity (Wildman–Crippen MR) is 108 cm³/mol. The van der Waals surface area contributed by atoms with Crippen LogP contribution in [0.2, 0.25) is 5.02 Å². The molecule has 2 heterocycles. The summed E-state index contributed by atoms with van der Waals surface area (Å²) in [6.45, 7) is 7.96. The lowest BCUT2D eigenvalue weighted by Gasteiger charge is -2.38. The minimum Gasteiger partial charge on any atom is -0.419 e. The monoisotopic (exact) mass is 382 g/mol. The van der Waals surface area contributed by atoms with Gasteiger partial charge in [0, 0.05) is 42.5 Å². The van der Waals surface area contributed by atoms with Gasteiger partial charge in [-0.3, -0.25) is 4.90 Å². The zero-order chi connectivity index (χ0) is 18.8. The Balaban J connectivity index is 1.42. The number of halogens is 1. The molecule has 0 unspecified atom stereocenters. The van der Waals surface area contributed by atoms with Gasteiger partial charge in [-0.2, -0.15) is 0 Å². The first-order chi connectivity index (χ1) is 13.1. The third kappa shape index (κ3) is 3.99. The molecule has 0 aliphatic carbocycles.